The molecule has 0 saturated heterocycles. The standard InChI is InChI=1S/C7H16N2/c1-4-5-8-9-6-7(2)3/h6-8H,4-5H2,1-3H3. The molecule has 0 aromatic carbocycles. The fraction of sp³-hybridized carbons (Fsp3) is 0.857. The van der Waals surface area contributed by atoms with E-state index in [-0.39, 0.29) is 0 Å². The third-order valence-electron chi connectivity index (χ3n) is 0.826. The largest absolute Gasteiger partial charge is 0.310 e. The van der Waals surface area contributed by atoms with Gasteiger partial charge in [-0.1, -0.05) is 20.8 Å². The Morgan fingerprint density at radius 3 is 2.67 bits per heavy atom. The predicted molar refractivity (Wildman–Crippen MR) is 41.6 cm³/mol. The van der Waals surface area contributed by atoms with Crippen molar-refractivity contribution in [3.8, 4) is 0 Å². The summed E-state index contributed by atoms with van der Waals surface area (Å²) in [5.74, 6) is 0.550. The molecule has 2 nitrogen and oxygen atoms in total. The molecule has 0 aromatic rings. The summed E-state index contributed by atoms with van der Waals surface area (Å²) in [5.41, 5.74) is 2.94. The van der Waals surface area contributed by atoms with E-state index >= 15 is 0 Å². The van der Waals surface area contributed by atoms with Crippen LogP contribution in [0.5, 0.6) is 0 Å². The number of nitrogens with zero attached hydrogens (tertiary/aromatic N) is 1. The normalized spacial score (nSPS) is 11.1. The Labute approximate surface area is 57.3 Å². The monoisotopic (exact) mass is 128 g/mol. The summed E-state index contributed by atoms with van der Waals surface area (Å²) in [6.45, 7) is 7.31. The van der Waals surface area contributed by atoms with E-state index in [4.69, 9.17) is 0 Å². The summed E-state index contributed by atoms with van der Waals surface area (Å²) < 4.78 is 0. The van der Waals surface area contributed by atoms with Crippen LogP contribution in [0.15, 0.2) is 5.10 Å². The molecular formula is C7H16N2. The molecule has 1 N–H and O–H groups in total. The lowest BCUT2D eigenvalue weighted by atomic mass is 10.3. The van der Waals surface area contributed by atoms with Crippen LogP contribution in [0.3, 0.4) is 0 Å². The maximum atomic E-state index is 3.99. The Hall–Kier alpha value is -0.530. The molecule has 0 bridgehead atoms. The smallest absolute Gasteiger partial charge is 0.0326 e. The molecule has 0 amide bonds. The highest BCUT2D eigenvalue weighted by Crippen LogP contribution is 1.82. The second-order valence-corrected chi connectivity index (χ2v) is 2.43. The number of rotatable bonds is 4. The van der Waals surface area contributed by atoms with E-state index < -0.39 is 0 Å². The van der Waals surface area contributed by atoms with Crippen molar-refractivity contribution in [2.75, 3.05) is 6.54 Å². The highest BCUT2D eigenvalue weighted by Gasteiger charge is 1.81. The van der Waals surface area contributed by atoms with Crippen LogP contribution in [0.25, 0.3) is 0 Å². The van der Waals surface area contributed by atoms with Crippen LogP contribution in [-0.2, 0) is 0 Å². The first-order chi connectivity index (χ1) is 4.27. The molecule has 0 spiro atoms. The number of hydrogen-bond acceptors (Lipinski definition) is 2. The van der Waals surface area contributed by atoms with Gasteiger partial charge in [-0.25, -0.2) is 0 Å². The Bertz CT molecular complexity index is 77.0. The molecule has 0 fully saturated rings. The number of nitrogens with one attached hydrogen (secondary N) is 1. The maximum Gasteiger partial charge on any atom is 0.0326 e. The van der Waals surface area contributed by atoms with E-state index in [1.54, 1.807) is 0 Å². The minimum atomic E-state index is 0.550. The first-order valence-electron chi connectivity index (χ1n) is 3.53. The predicted octanol–water partition coefficient (Wildman–Crippen LogP) is 1.63. The minimum Gasteiger partial charge on any atom is -0.310 e. The van der Waals surface area contributed by atoms with Crippen molar-refractivity contribution in [2.45, 2.75) is 27.2 Å². The molecule has 0 aliphatic carbocycles. The van der Waals surface area contributed by atoms with Crippen molar-refractivity contribution in [3.05, 3.63) is 0 Å². The van der Waals surface area contributed by atoms with Gasteiger partial charge in [0, 0.05) is 12.8 Å². The van der Waals surface area contributed by atoms with Crippen LogP contribution in [-0.4, -0.2) is 12.8 Å². The molecule has 0 rings (SSSR count). The summed E-state index contributed by atoms with van der Waals surface area (Å²) in [4.78, 5) is 0. The zero-order valence-corrected chi connectivity index (χ0v) is 6.52. The van der Waals surface area contributed by atoms with Gasteiger partial charge >= 0.3 is 0 Å². The van der Waals surface area contributed by atoms with Gasteiger partial charge in [0.2, 0.25) is 0 Å². The van der Waals surface area contributed by atoms with Crippen LogP contribution < -0.4 is 5.43 Å². The summed E-state index contributed by atoms with van der Waals surface area (Å²) in [6.07, 6.45) is 3.05. The van der Waals surface area contributed by atoms with E-state index in [9.17, 15) is 0 Å². The van der Waals surface area contributed by atoms with Crippen molar-refractivity contribution in [1.82, 2.24) is 5.43 Å². The lowest BCUT2D eigenvalue weighted by molar-refractivity contribution is 0.710. The van der Waals surface area contributed by atoms with E-state index in [1.807, 2.05) is 6.21 Å². The first-order valence-corrected chi connectivity index (χ1v) is 3.53. The molecule has 2 heteroatoms. The minimum absolute atomic E-state index is 0.550. The molecule has 54 valence electrons. The summed E-state index contributed by atoms with van der Waals surface area (Å²) in [5, 5.41) is 3.99. The van der Waals surface area contributed by atoms with Gasteiger partial charge < -0.3 is 5.43 Å². The van der Waals surface area contributed by atoms with Gasteiger partial charge in [-0.05, 0) is 12.3 Å². The van der Waals surface area contributed by atoms with Gasteiger partial charge in [-0.2, -0.15) is 5.10 Å². The number of hydrogen-bond donors (Lipinski definition) is 1. The lowest BCUT2D eigenvalue weighted by Gasteiger charge is -1.95. The van der Waals surface area contributed by atoms with Crippen LogP contribution >= 0.6 is 0 Å². The van der Waals surface area contributed by atoms with Gasteiger partial charge in [0.25, 0.3) is 0 Å². The van der Waals surface area contributed by atoms with Gasteiger partial charge in [0.1, 0.15) is 0 Å². The highest BCUT2D eigenvalue weighted by atomic mass is 15.3. The molecule has 0 aliphatic heterocycles. The third-order valence-corrected chi connectivity index (χ3v) is 0.826. The molecule has 0 aromatic heterocycles. The molecule has 0 radical (unpaired) electrons. The Kier molecular flexibility index (Phi) is 5.27. The molecule has 9 heavy (non-hydrogen) atoms. The Balaban J connectivity index is 3.04. The summed E-state index contributed by atoms with van der Waals surface area (Å²) in [6, 6.07) is 0. The third kappa shape index (κ3) is 7.47. The molecule has 0 atom stereocenters. The molecular weight excluding hydrogens is 112 g/mol. The first kappa shape index (κ1) is 8.47. The van der Waals surface area contributed by atoms with Crippen molar-refractivity contribution < 1.29 is 0 Å². The Morgan fingerprint density at radius 2 is 2.22 bits per heavy atom. The van der Waals surface area contributed by atoms with Crippen LogP contribution in [0, 0.1) is 5.92 Å². The van der Waals surface area contributed by atoms with Crippen molar-refractivity contribution in [1.29, 1.82) is 0 Å². The lowest BCUT2D eigenvalue weighted by Crippen LogP contribution is -2.07. The fourth-order valence-electron chi connectivity index (χ4n) is 0.378. The van der Waals surface area contributed by atoms with E-state index in [0.717, 1.165) is 13.0 Å². The van der Waals surface area contributed by atoms with Crippen LogP contribution in [0.2, 0.25) is 0 Å². The van der Waals surface area contributed by atoms with Crippen LogP contribution in [0.4, 0.5) is 0 Å². The van der Waals surface area contributed by atoms with Gasteiger partial charge in [0.05, 0.1) is 0 Å². The second-order valence-electron chi connectivity index (χ2n) is 2.43. The van der Waals surface area contributed by atoms with Gasteiger partial charge in [-0.15, -0.1) is 0 Å². The molecule has 0 heterocycles. The van der Waals surface area contributed by atoms with E-state index in [0.29, 0.717) is 5.92 Å². The van der Waals surface area contributed by atoms with Gasteiger partial charge in [-0.3, -0.25) is 0 Å². The summed E-state index contributed by atoms with van der Waals surface area (Å²) in [7, 11) is 0. The van der Waals surface area contributed by atoms with E-state index in [2.05, 4.69) is 31.3 Å². The average Bonchev–Trinajstić information content (AvgIpc) is 1.80. The molecule has 0 saturated carbocycles. The highest BCUT2D eigenvalue weighted by molar-refractivity contribution is 5.58. The summed E-state index contributed by atoms with van der Waals surface area (Å²) >= 11 is 0. The van der Waals surface area contributed by atoms with Gasteiger partial charge in [0.15, 0.2) is 0 Å². The maximum absolute atomic E-state index is 3.99. The van der Waals surface area contributed by atoms with Crippen LogP contribution in [0.1, 0.15) is 27.2 Å². The van der Waals surface area contributed by atoms with Crippen molar-refractivity contribution >= 4 is 6.21 Å². The van der Waals surface area contributed by atoms with Crippen molar-refractivity contribution in [3.63, 3.8) is 0 Å². The van der Waals surface area contributed by atoms with E-state index in [1.165, 1.54) is 0 Å². The average molecular weight is 128 g/mol. The zero-order chi connectivity index (χ0) is 7.11. The molecule has 0 unspecified atom stereocenters. The Morgan fingerprint density at radius 1 is 1.56 bits per heavy atom. The quantitative estimate of drug-likeness (QED) is 0.347. The number of hydrazone groups is 1. The second kappa shape index (κ2) is 5.60. The van der Waals surface area contributed by atoms with Crippen molar-refractivity contribution in [2.24, 2.45) is 11.0 Å². The topological polar surface area (TPSA) is 24.4 Å². The zero-order valence-electron chi connectivity index (χ0n) is 6.52. The SMILES string of the molecule is CCCNN=CC(C)C. The fourth-order valence-corrected chi connectivity index (χ4v) is 0.378. The molecule has 0 aliphatic rings.